The molecule has 7 heteroatoms. The SMILES string of the molecule is Cc1[nH]c2c(C(N)=O)cccc2c1-c1nc(NCc2ccccc2)c2c(n1)OCCCC2. The number of aromatic amines is 1. The molecule has 162 valence electrons. The summed E-state index contributed by atoms with van der Waals surface area (Å²) >= 11 is 0. The number of rotatable bonds is 5. The Hall–Kier alpha value is -3.87. The fraction of sp³-hybridized carbons (Fsp3) is 0.240. The van der Waals surface area contributed by atoms with Crippen LogP contribution in [0.3, 0.4) is 0 Å². The molecule has 4 N–H and O–H groups in total. The lowest BCUT2D eigenvalue weighted by Crippen LogP contribution is -2.11. The highest BCUT2D eigenvalue weighted by Gasteiger charge is 2.22. The van der Waals surface area contributed by atoms with Gasteiger partial charge in [-0.3, -0.25) is 4.79 Å². The maximum atomic E-state index is 11.9. The van der Waals surface area contributed by atoms with Gasteiger partial charge >= 0.3 is 0 Å². The minimum atomic E-state index is -0.472. The summed E-state index contributed by atoms with van der Waals surface area (Å²) in [6.07, 6.45) is 2.88. The Labute approximate surface area is 186 Å². The summed E-state index contributed by atoms with van der Waals surface area (Å²) in [5, 5.41) is 4.36. The molecule has 0 saturated carbocycles. The van der Waals surface area contributed by atoms with E-state index in [0.29, 0.717) is 35.9 Å². The molecule has 0 atom stereocenters. The van der Waals surface area contributed by atoms with Gasteiger partial charge in [0.15, 0.2) is 5.82 Å². The first kappa shape index (κ1) is 20.1. The standard InChI is InChI=1S/C25H25N5O2/c1-15-20(17-11-7-12-18(22(26)31)21(17)28-15)24-29-23(27-14-16-8-3-2-4-9-16)19-10-5-6-13-32-25(19)30-24/h2-4,7-9,11-12,28H,5-6,10,13-14H2,1H3,(H2,26,31)(H,27,29,30). The number of nitrogens with one attached hydrogen (secondary N) is 2. The van der Waals surface area contributed by atoms with Crippen molar-refractivity contribution in [3.05, 3.63) is 70.9 Å². The van der Waals surface area contributed by atoms with E-state index in [-0.39, 0.29) is 0 Å². The molecule has 0 radical (unpaired) electrons. The van der Waals surface area contributed by atoms with Crippen LogP contribution in [0.1, 0.15) is 40.0 Å². The average molecular weight is 428 g/mol. The molecule has 5 rings (SSSR count). The number of nitrogens with zero attached hydrogens (tertiary/aromatic N) is 2. The van der Waals surface area contributed by atoms with Crippen LogP contribution in [-0.2, 0) is 13.0 Å². The quantitative estimate of drug-likeness (QED) is 0.439. The van der Waals surface area contributed by atoms with Gasteiger partial charge in [-0.05, 0) is 37.8 Å². The van der Waals surface area contributed by atoms with E-state index in [4.69, 9.17) is 20.4 Å². The van der Waals surface area contributed by atoms with E-state index in [9.17, 15) is 4.79 Å². The second-order valence-corrected chi connectivity index (χ2v) is 8.04. The van der Waals surface area contributed by atoms with Crippen molar-refractivity contribution in [2.24, 2.45) is 5.73 Å². The molecule has 0 unspecified atom stereocenters. The number of hydrogen-bond acceptors (Lipinski definition) is 5. The fourth-order valence-electron chi connectivity index (χ4n) is 4.26. The van der Waals surface area contributed by atoms with Crippen molar-refractivity contribution in [1.82, 2.24) is 15.0 Å². The molecular formula is C25H25N5O2. The number of fused-ring (bicyclic) bond motifs is 2. The van der Waals surface area contributed by atoms with Crippen molar-refractivity contribution in [2.75, 3.05) is 11.9 Å². The summed E-state index contributed by atoms with van der Waals surface area (Å²) in [6.45, 7) is 3.25. The highest BCUT2D eigenvalue weighted by atomic mass is 16.5. The van der Waals surface area contributed by atoms with Gasteiger partial charge in [0, 0.05) is 23.2 Å². The van der Waals surface area contributed by atoms with Crippen molar-refractivity contribution in [3.63, 3.8) is 0 Å². The number of carbonyl (C=O) groups excluding carboxylic acids is 1. The summed E-state index contributed by atoms with van der Waals surface area (Å²) in [4.78, 5) is 25.0. The lowest BCUT2D eigenvalue weighted by Gasteiger charge is -2.15. The summed E-state index contributed by atoms with van der Waals surface area (Å²) in [7, 11) is 0. The molecular weight excluding hydrogens is 402 g/mol. The first-order valence-electron chi connectivity index (χ1n) is 10.8. The topological polar surface area (TPSA) is 106 Å². The Morgan fingerprint density at radius 3 is 2.78 bits per heavy atom. The number of aryl methyl sites for hydroxylation is 1. The van der Waals surface area contributed by atoms with Gasteiger partial charge < -0.3 is 20.8 Å². The molecule has 7 nitrogen and oxygen atoms in total. The number of hydrogen-bond donors (Lipinski definition) is 3. The van der Waals surface area contributed by atoms with Crippen LogP contribution in [0.5, 0.6) is 5.88 Å². The number of amides is 1. The van der Waals surface area contributed by atoms with E-state index in [1.54, 1.807) is 6.07 Å². The second kappa shape index (κ2) is 8.34. The molecule has 2 aromatic heterocycles. The van der Waals surface area contributed by atoms with E-state index >= 15 is 0 Å². The molecule has 1 aliphatic heterocycles. The number of benzene rings is 2. The molecule has 3 heterocycles. The van der Waals surface area contributed by atoms with Gasteiger partial charge in [0.1, 0.15) is 5.82 Å². The van der Waals surface area contributed by atoms with Gasteiger partial charge in [-0.15, -0.1) is 0 Å². The van der Waals surface area contributed by atoms with Crippen LogP contribution in [0.4, 0.5) is 5.82 Å². The lowest BCUT2D eigenvalue weighted by atomic mass is 10.1. The molecule has 0 spiro atoms. The monoisotopic (exact) mass is 427 g/mol. The molecule has 2 aromatic carbocycles. The largest absolute Gasteiger partial charge is 0.477 e. The van der Waals surface area contributed by atoms with Crippen molar-refractivity contribution >= 4 is 22.6 Å². The molecule has 1 amide bonds. The Kier molecular flexibility index (Phi) is 5.23. The van der Waals surface area contributed by atoms with Crippen molar-refractivity contribution in [2.45, 2.75) is 32.7 Å². The van der Waals surface area contributed by atoms with E-state index in [0.717, 1.165) is 47.3 Å². The van der Waals surface area contributed by atoms with Gasteiger partial charge in [0.2, 0.25) is 5.88 Å². The smallest absolute Gasteiger partial charge is 0.250 e. The third kappa shape index (κ3) is 3.66. The molecule has 0 fully saturated rings. The van der Waals surface area contributed by atoms with Crippen LogP contribution in [0.2, 0.25) is 0 Å². The highest BCUT2D eigenvalue weighted by Crippen LogP contribution is 2.36. The van der Waals surface area contributed by atoms with Gasteiger partial charge in [-0.1, -0.05) is 42.5 Å². The summed E-state index contributed by atoms with van der Waals surface area (Å²) in [6, 6.07) is 15.7. The van der Waals surface area contributed by atoms with E-state index < -0.39 is 5.91 Å². The van der Waals surface area contributed by atoms with Crippen LogP contribution in [-0.4, -0.2) is 27.5 Å². The Morgan fingerprint density at radius 2 is 1.97 bits per heavy atom. The zero-order chi connectivity index (χ0) is 22.1. The molecule has 32 heavy (non-hydrogen) atoms. The molecule has 0 saturated heterocycles. The fourth-order valence-corrected chi connectivity index (χ4v) is 4.26. The van der Waals surface area contributed by atoms with Gasteiger partial charge in [0.25, 0.3) is 5.91 Å². The van der Waals surface area contributed by atoms with E-state index in [1.165, 1.54) is 5.56 Å². The summed E-state index contributed by atoms with van der Waals surface area (Å²) < 4.78 is 6.02. The number of H-pyrrole nitrogens is 1. The maximum Gasteiger partial charge on any atom is 0.250 e. The van der Waals surface area contributed by atoms with Crippen LogP contribution in [0, 0.1) is 6.92 Å². The maximum absolute atomic E-state index is 11.9. The molecule has 0 bridgehead atoms. The minimum Gasteiger partial charge on any atom is -0.477 e. The van der Waals surface area contributed by atoms with Crippen LogP contribution >= 0.6 is 0 Å². The molecule has 4 aromatic rings. The lowest BCUT2D eigenvalue weighted by molar-refractivity contribution is 0.100. The zero-order valence-corrected chi connectivity index (χ0v) is 17.9. The van der Waals surface area contributed by atoms with Crippen molar-refractivity contribution in [1.29, 1.82) is 0 Å². The van der Waals surface area contributed by atoms with Gasteiger partial charge in [-0.2, -0.15) is 4.98 Å². The number of para-hydroxylation sites is 1. The van der Waals surface area contributed by atoms with Crippen LogP contribution in [0.15, 0.2) is 48.5 Å². The molecule has 0 aliphatic carbocycles. The average Bonchev–Trinajstić information content (AvgIpc) is 2.96. The minimum absolute atomic E-state index is 0.449. The number of aromatic nitrogens is 3. The summed E-state index contributed by atoms with van der Waals surface area (Å²) in [5.74, 6) is 1.50. The molecule has 1 aliphatic rings. The Bertz CT molecular complexity index is 1300. The van der Waals surface area contributed by atoms with E-state index in [2.05, 4.69) is 22.4 Å². The highest BCUT2D eigenvalue weighted by molar-refractivity contribution is 6.09. The van der Waals surface area contributed by atoms with Crippen LogP contribution in [0.25, 0.3) is 22.3 Å². The number of anilines is 1. The van der Waals surface area contributed by atoms with Crippen molar-refractivity contribution in [3.8, 4) is 17.3 Å². The predicted octanol–water partition coefficient (Wildman–Crippen LogP) is 4.36. The zero-order valence-electron chi connectivity index (χ0n) is 17.9. The first-order valence-corrected chi connectivity index (χ1v) is 10.8. The third-order valence-electron chi connectivity index (χ3n) is 5.84. The van der Waals surface area contributed by atoms with Gasteiger partial charge in [-0.25, -0.2) is 4.98 Å². The predicted molar refractivity (Wildman–Crippen MR) is 125 cm³/mol. The van der Waals surface area contributed by atoms with E-state index in [1.807, 2.05) is 37.3 Å². The summed E-state index contributed by atoms with van der Waals surface area (Å²) in [5.41, 5.74) is 10.6. The number of ether oxygens (including phenoxy) is 1. The number of primary amides is 1. The first-order chi connectivity index (χ1) is 15.6. The number of nitrogens with two attached hydrogens (primary N) is 1. The number of carbonyl (C=O) groups is 1. The Morgan fingerprint density at radius 1 is 1.12 bits per heavy atom. The van der Waals surface area contributed by atoms with Gasteiger partial charge in [0.05, 0.1) is 23.3 Å². The third-order valence-corrected chi connectivity index (χ3v) is 5.84. The van der Waals surface area contributed by atoms with Crippen molar-refractivity contribution < 1.29 is 9.53 Å². The Balaban J connectivity index is 1.63. The second-order valence-electron chi connectivity index (χ2n) is 8.04. The normalized spacial score (nSPS) is 13.3. The van der Waals surface area contributed by atoms with Crippen LogP contribution < -0.4 is 15.8 Å².